The SMILES string of the molecule is O=C1CCCN1C[C@H](O)CNCc1cccc(Cl)c1. The number of nitrogens with one attached hydrogen (secondary N) is 1. The van der Waals surface area contributed by atoms with E-state index in [0.717, 1.165) is 18.5 Å². The molecular formula is C14H19ClN2O2. The molecule has 1 saturated heterocycles. The first-order valence-electron chi connectivity index (χ1n) is 6.56. The molecule has 1 fully saturated rings. The van der Waals surface area contributed by atoms with Gasteiger partial charge in [0.05, 0.1) is 6.10 Å². The molecule has 0 unspecified atom stereocenters. The third-order valence-corrected chi connectivity index (χ3v) is 3.44. The summed E-state index contributed by atoms with van der Waals surface area (Å²) in [6, 6.07) is 7.61. The van der Waals surface area contributed by atoms with E-state index in [9.17, 15) is 9.90 Å². The van der Waals surface area contributed by atoms with Gasteiger partial charge in [-0.3, -0.25) is 4.79 Å². The molecule has 1 aliphatic heterocycles. The number of hydrogen-bond donors (Lipinski definition) is 2. The van der Waals surface area contributed by atoms with E-state index in [0.29, 0.717) is 31.1 Å². The van der Waals surface area contributed by atoms with Crippen molar-refractivity contribution < 1.29 is 9.90 Å². The van der Waals surface area contributed by atoms with Crippen LogP contribution in [-0.4, -0.2) is 41.7 Å². The molecular weight excluding hydrogens is 264 g/mol. The van der Waals surface area contributed by atoms with Crippen molar-refractivity contribution in [2.75, 3.05) is 19.6 Å². The fourth-order valence-corrected chi connectivity index (χ4v) is 2.46. The summed E-state index contributed by atoms with van der Waals surface area (Å²) in [5.41, 5.74) is 1.08. The lowest BCUT2D eigenvalue weighted by molar-refractivity contribution is -0.128. The van der Waals surface area contributed by atoms with E-state index in [1.807, 2.05) is 24.3 Å². The second kappa shape index (κ2) is 6.89. The van der Waals surface area contributed by atoms with Gasteiger partial charge < -0.3 is 15.3 Å². The summed E-state index contributed by atoms with van der Waals surface area (Å²) < 4.78 is 0. The van der Waals surface area contributed by atoms with Crippen LogP contribution in [0.4, 0.5) is 0 Å². The average molecular weight is 283 g/mol. The zero-order valence-electron chi connectivity index (χ0n) is 10.8. The summed E-state index contributed by atoms with van der Waals surface area (Å²) in [5.74, 6) is 0.147. The van der Waals surface area contributed by atoms with Crippen molar-refractivity contribution >= 4 is 17.5 Å². The Kier molecular flexibility index (Phi) is 5.19. The predicted octanol–water partition coefficient (Wildman–Crippen LogP) is 1.41. The lowest BCUT2D eigenvalue weighted by atomic mass is 10.2. The van der Waals surface area contributed by atoms with E-state index in [-0.39, 0.29) is 5.91 Å². The number of benzene rings is 1. The molecule has 0 aromatic heterocycles. The number of likely N-dealkylation sites (tertiary alicyclic amines) is 1. The number of aliphatic hydroxyl groups excluding tert-OH is 1. The summed E-state index contributed by atoms with van der Waals surface area (Å²) in [4.78, 5) is 13.2. The number of halogens is 1. The van der Waals surface area contributed by atoms with E-state index in [2.05, 4.69) is 5.32 Å². The number of nitrogens with zero attached hydrogens (tertiary/aromatic N) is 1. The smallest absolute Gasteiger partial charge is 0.222 e. The minimum absolute atomic E-state index is 0.147. The van der Waals surface area contributed by atoms with Gasteiger partial charge in [-0.15, -0.1) is 0 Å². The zero-order chi connectivity index (χ0) is 13.7. The topological polar surface area (TPSA) is 52.6 Å². The molecule has 1 heterocycles. The third kappa shape index (κ3) is 4.49. The molecule has 5 heteroatoms. The molecule has 2 rings (SSSR count). The highest BCUT2D eigenvalue weighted by Gasteiger charge is 2.22. The maximum absolute atomic E-state index is 11.4. The van der Waals surface area contributed by atoms with Crippen molar-refractivity contribution in [2.45, 2.75) is 25.5 Å². The van der Waals surface area contributed by atoms with Crippen LogP contribution < -0.4 is 5.32 Å². The van der Waals surface area contributed by atoms with Crippen LogP contribution in [0.1, 0.15) is 18.4 Å². The Morgan fingerprint density at radius 2 is 2.32 bits per heavy atom. The fraction of sp³-hybridized carbons (Fsp3) is 0.500. The molecule has 2 N–H and O–H groups in total. The molecule has 0 radical (unpaired) electrons. The van der Waals surface area contributed by atoms with Crippen LogP contribution in [-0.2, 0) is 11.3 Å². The lowest BCUT2D eigenvalue weighted by Crippen LogP contribution is -2.38. The molecule has 1 atom stereocenters. The quantitative estimate of drug-likeness (QED) is 0.830. The van der Waals surface area contributed by atoms with Crippen LogP contribution in [0.25, 0.3) is 0 Å². The molecule has 0 saturated carbocycles. The van der Waals surface area contributed by atoms with Gasteiger partial charge in [0.15, 0.2) is 0 Å². The Labute approximate surface area is 118 Å². The van der Waals surface area contributed by atoms with Crippen molar-refractivity contribution in [1.82, 2.24) is 10.2 Å². The Morgan fingerprint density at radius 1 is 1.47 bits per heavy atom. The number of amides is 1. The normalized spacial score (nSPS) is 16.9. The maximum atomic E-state index is 11.4. The summed E-state index contributed by atoms with van der Waals surface area (Å²) in [6.45, 7) is 2.31. The highest BCUT2D eigenvalue weighted by atomic mass is 35.5. The standard InChI is InChI=1S/C14H19ClN2O2/c15-12-4-1-3-11(7-12)8-16-9-13(18)10-17-6-2-5-14(17)19/h1,3-4,7,13,16,18H,2,5-6,8-10H2/t13-/m1/s1. The zero-order valence-corrected chi connectivity index (χ0v) is 11.6. The van der Waals surface area contributed by atoms with Gasteiger partial charge >= 0.3 is 0 Å². The predicted molar refractivity (Wildman–Crippen MR) is 75.0 cm³/mol. The Balaban J connectivity index is 1.69. The summed E-state index contributed by atoms with van der Waals surface area (Å²) in [6.07, 6.45) is 0.991. The number of hydrogen-bond acceptors (Lipinski definition) is 3. The van der Waals surface area contributed by atoms with Crippen molar-refractivity contribution in [1.29, 1.82) is 0 Å². The van der Waals surface area contributed by atoms with E-state index in [1.54, 1.807) is 4.90 Å². The van der Waals surface area contributed by atoms with Gasteiger partial charge in [-0.05, 0) is 24.1 Å². The molecule has 104 valence electrons. The molecule has 4 nitrogen and oxygen atoms in total. The molecule has 1 amide bonds. The van der Waals surface area contributed by atoms with Crippen molar-refractivity contribution in [3.05, 3.63) is 34.9 Å². The lowest BCUT2D eigenvalue weighted by Gasteiger charge is -2.20. The minimum atomic E-state index is -0.527. The van der Waals surface area contributed by atoms with Gasteiger partial charge in [-0.2, -0.15) is 0 Å². The van der Waals surface area contributed by atoms with Crippen LogP contribution in [0.15, 0.2) is 24.3 Å². The summed E-state index contributed by atoms with van der Waals surface area (Å²) in [5, 5.41) is 13.8. The van der Waals surface area contributed by atoms with Crippen LogP contribution in [0, 0.1) is 0 Å². The summed E-state index contributed by atoms with van der Waals surface area (Å²) >= 11 is 5.89. The number of aliphatic hydroxyl groups is 1. The monoisotopic (exact) mass is 282 g/mol. The van der Waals surface area contributed by atoms with E-state index in [4.69, 9.17) is 11.6 Å². The van der Waals surface area contributed by atoms with Gasteiger partial charge in [0.2, 0.25) is 5.91 Å². The fourth-order valence-electron chi connectivity index (χ4n) is 2.25. The number of rotatable bonds is 6. The van der Waals surface area contributed by atoms with E-state index >= 15 is 0 Å². The van der Waals surface area contributed by atoms with E-state index < -0.39 is 6.10 Å². The largest absolute Gasteiger partial charge is 0.390 e. The number of β-amino-alcohol motifs (C(OH)–C–C–N with tert-alkyl or cyclic N) is 1. The highest BCUT2D eigenvalue weighted by Crippen LogP contribution is 2.11. The molecule has 0 aliphatic carbocycles. The summed E-state index contributed by atoms with van der Waals surface area (Å²) in [7, 11) is 0. The molecule has 19 heavy (non-hydrogen) atoms. The second-order valence-electron chi connectivity index (χ2n) is 4.86. The maximum Gasteiger partial charge on any atom is 0.222 e. The Hall–Kier alpha value is -1.10. The molecule has 1 aromatic rings. The van der Waals surface area contributed by atoms with Crippen LogP contribution >= 0.6 is 11.6 Å². The minimum Gasteiger partial charge on any atom is -0.390 e. The second-order valence-corrected chi connectivity index (χ2v) is 5.29. The first kappa shape index (κ1) is 14.3. The Bertz CT molecular complexity index is 439. The molecule has 0 spiro atoms. The van der Waals surface area contributed by atoms with Crippen molar-refractivity contribution in [3.8, 4) is 0 Å². The average Bonchev–Trinajstić information content (AvgIpc) is 2.75. The molecule has 0 bridgehead atoms. The number of carbonyl (C=O) groups excluding carboxylic acids is 1. The van der Waals surface area contributed by atoms with Crippen molar-refractivity contribution in [3.63, 3.8) is 0 Å². The van der Waals surface area contributed by atoms with Crippen LogP contribution in [0.2, 0.25) is 5.02 Å². The van der Waals surface area contributed by atoms with E-state index in [1.165, 1.54) is 0 Å². The van der Waals surface area contributed by atoms with Gasteiger partial charge in [-0.25, -0.2) is 0 Å². The van der Waals surface area contributed by atoms with Crippen molar-refractivity contribution in [2.24, 2.45) is 0 Å². The first-order valence-corrected chi connectivity index (χ1v) is 6.94. The third-order valence-electron chi connectivity index (χ3n) is 3.20. The van der Waals surface area contributed by atoms with Gasteiger partial charge in [0, 0.05) is 37.6 Å². The first-order chi connectivity index (χ1) is 9.15. The van der Waals surface area contributed by atoms with Crippen LogP contribution in [0.3, 0.4) is 0 Å². The molecule has 1 aromatic carbocycles. The number of carbonyl (C=O) groups is 1. The van der Waals surface area contributed by atoms with Gasteiger partial charge in [-0.1, -0.05) is 23.7 Å². The van der Waals surface area contributed by atoms with Crippen LogP contribution in [0.5, 0.6) is 0 Å². The Morgan fingerprint density at radius 3 is 3.00 bits per heavy atom. The van der Waals surface area contributed by atoms with Gasteiger partial charge in [0.25, 0.3) is 0 Å². The molecule has 1 aliphatic rings. The van der Waals surface area contributed by atoms with Gasteiger partial charge in [0.1, 0.15) is 0 Å². The highest BCUT2D eigenvalue weighted by molar-refractivity contribution is 6.30.